The molecule has 0 aliphatic carbocycles. The van der Waals surface area contributed by atoms with Gasteiger partial charge < -0.3 is 9.64 Å². The van der Waals surface area contributed by atoms with Gasteiger partial charge in [0.1, 0.15) is 0 Å². The third kappa shape index (κ3) is 2.95. The van der Waals surface area contributed by atoms with Gasteiger partial charge in [0.05, 0.1) is 17.1 Å². The molecule has 0 spiro atoms. The number of carbonyl (C=O) groups is 1. The lowest BCUT2D eigenvalue weighted by Gasteiger charge is -2.35. The van der Waals surface area contributed by atoms with Crippen LogP contribution < -0.4 is 0 Å². The predicted octanol–water partition coefficient (Wildman–Crippen LogP) is 2.99. The minimum Gasteiger partial charge on any atom is -0.371 e. The summed E-state index contributed by atoms with van der Waals surface area (Å²) in [4.78, 5) is 16.4. The van der Waals surface area contributed by atoms with Gasteiger partial charge in [-0.05, 0) is 32.4 Å². The Hall–Kier alpha value is -0.390. The quantitative estimate of drug-likeness (QED) is 0.779. The molecular weight excluding hydrogens is 314 g/mol. The molecule has 1 saturated heterocycles. The Labute approximate surface area is 120 Å². The fraction of sp³-hybridized carbons (Fsp3) is 0.615. The number of hydrogen-bond acceptors (Lipinski definition) is 3. The molecule has 100 valence electrons. The second-order valence-electron chi connectivity index (χ2n) is 4.78. The standard InChI is InChI=1S/C13H18BrNO2S/c1-8-4-12(18-10(8)3)13(16)15-6-9(2)17-11(5-14)7-15/h4,9,11H,5-7H2,1-3H3. The lowest BCUT2D eigenvalue weighted by atomic mass is 10.2. The van der Waals surface area contributed by atoms with E-state index in [0.29, 0.717) is 13.1 Å². The smallest absolute Gasteiger partial charge is 0.264 e. The third-order valence-electron chi connectivity index (χ3n) is 3.16. The van der Waals surface area contributed by atoms with Crippen LogP contribution in [-0.4, -0.2) is 41.4 Å². The summed E-state index contributed by atoms with van der Waals surface area (Å²) in [7, 11) is 0. The van der Waals surface area contributed by atoms with Crippen LogP contribution in [0.25, 0.3) is 0 Å². The maximum absolute atomic E-state index is 12.4. The van der Waals surface area contributed by atoms with Crippen molar-refractivity contribution in [1.82, 2.24) is 4.90 Å². The molecule has 2 rings (SSSR count). The highest BCUT2D eigenvalue weighted by molar-refractivity contribution is 9.09. The Kier molecular flexibility index (Phi) is 4.45. The molecule has 1 aromatic heterocycles. The van der Waals surface area contributed by atoms with E-state index >= 15 is 0 Å². The second-order valence-corrected chi connectivity index (χ2v) is 6.69. The average molecular weight is 332 g/mol. The van der Waals surface area contributed by atoms with Gasteiger partial charge in [-0.2, -0.15) is 0 Å². The molecule has 2 unspecified atom stereocenters. The molecule has 1 amide bonds. The maximum atomic E-state index is 12.4. The lowest BCUT2D eigenvalue weighted by molar-refractivity contribution is -0.0558. The first-order chi connectivity index (χ1) is 8.51. The van der Waals surface area contributed by atoms with Crippen LogP contribution in [0.1, 0.15) is 27.0 Å². The fourth-order valence-corrected chi connectivity index (χ4v) is 3.49. The highest BCUT2D eigenvalue weighted by Gasteiger charge is 2.29. The van der Waals surface area contributed by atoms with Crippen molar-refractivity contribution < 1.29 is 9.53 Å². The van der Waals surface area contributed by atoms with Gasteiger partial charge in [-0.15, -0.1) is 11.3 Å². The molecule has 5 heteroatoms. The largest absolute Gasteiger partial charge is 0.371 e. The molecule has 0 N–H and O–H groups in total. The first kappa shape index (κ1) is 14.0. The van der Waals surface area contributed by atoms with E-state index < -0.39 is 0 Å². The van der Waals surface area contributed by atoms with Crippen LogP contribution in [0.15, 0.2) is 6.07 Å². The van der Waals surface area contributed by atoms with E-state index in [1.807, 2.05) is 24.8 Å². The van der Waals surface area contributed by atoms with E-state index in [4.69, 9.17) is 4.74 Å². The van der Waals surface area contributed by atoms with Gasteiger partial charge in [0.2, 0.25) is 0 Å². The zero-order valence-electron chi connectivity index (χ0n) is 10.9. The van der Waals surface area contributed by atoms with E-state index in [0.717, 1.165) is 10.2 Å². The van der Waals surface area contributed by atoms with Crippen molar-refractivity contribution in [3.05, 3.63) is 21.4 Å². The van der Waals surface area contributed by atoms with Gasteiger partial charge in [-0.3, -0.25) is 4.79 Å². The molecule has 1 aliphatic heterocycles. The van der Waals surface area contributed by atoms with Gasteiger partial charge in [-0.1, -0.05) is 15.9 Å². The van der Waals surface area contributed by atoms with Gasteiger partial charge in [0, 0.05) is 23.3 Å². The summed E-state index contributed by atoms with van der Waals surface area (Å²) in [5.41, 5.74) is 1.20. The number of halogens is 1. The molecule has 0 saturated carbocycles. The van der Waals surface area contributed by atoms with Crippen LogP contribution in [0.5, 0.6) is 0 Å². The summed E-state index contributed by atoms with van der Waals surface area (Å²) in [5.74, 6) is 0.136. The molecule has 18 heavy (non-hydrogen) atoms. The number of nitrogens with zero attached hydrogens (tertiary/aromatic N) is 1. The molecule has 1 aromatic rings. The van der Waals surface area contributed by atoms with Crippen molar-refractivity contribution in [3.8, 4) is 0 Å². The Balaban J connectivity index is 2.13. The fourth-order valence-electron chi connectivity index (χ4n) is 2.13. The summed E-state index contributed by atoms with van der Waals surface area (Å²) >= 11 is 5.01. The minimum atomic E-state index is 0.0971. The molecule has 3 nitrogen and oxygen atoms in total. The number of ether oxygens (including phenoxy) is 1. The Morgan fingerprint density at radius 1 is 1.56 bits per heavy atom. The molecule has 2 atom stereocenters. The summed E-state index contributed by atoms with van der Waals surface area (Å²) in [6.45, 7) is 7.47. The predicted molar refractivity (Wildman–Crippen MR) is 77.8 cm³/mol. The zero-order chi connectivity index (χ0) is 13.3. The van der Waals surface area contributed by atoms with Gasteiger partial charge >= 0.3 is 0 Å². The summed E-state index contributed by atoms with van der Waals surface area (Å²) in [6, 6.07) is 1.99. The van der Waals surface area contributed by atoms with Crippen molar-refractivity contribution in [2.75, 3.05) is 18.4 Å². The Morgan fingerprint density at radius 3 is 2.83 bits per heavy atom. The summed E-state index contributed by atoms with van der Waals surface area (Å²) in [6.07, 6.45) is 0.201. The van der Waals surface area contributed by atoms with Crippen molar-refractivity contribution >= 4 is 33.2 Å². The van der Waals surface area contributed by atoms with Crippen molar-refractivity contribution in [1.29, 1.82) is 0 Å². The van der Waals surface area contributed by atoms with E-state index in [1.165, 1.54) is 10.4 Å². The number of hydrogen-bond donors (Lipinski definition) is 0. The molecule has 0 bridgehead atoms. The molecule has 1 fully saturated rings. The number of aryl methyl sites for hydroxylation is 2. The number of amides is 1. The first-order valence-corrected chi connectivity index (χ1v) is 8.02. The van der Waals surface area contributed by atoms with Crippen molar-refractivity contribution in [2.24, 2.45) is 0 Å². The van der Waals surface area contributed by atoms with Gasteiger partial charge in [0.15, 0.2) is 0 Å². The van der Waals surface area contributed by atoms with E-state index in [-0.39, 0.29) is 18.1 Å². The molecule has 1 aliphatic rings. The SMILES string of the molecule is Cc1cc(C(=O)N2CC(C)OC(CBr)C2)sc1C. The maximum Gasteiger partial charge on any atom is 0.264 e. The molecule has 0 radical (unpaired) electrons. The monoisotopic (exact) mass is 331 g/mol. The summed E-state index contributed by atoms with van der Waals surface area (Å²) in [5, 5.41) is 0.767. The zero-order valence-corrected chi connectivity index (χ0v) is 13.3. The molecule has 2 heterocycles. The Bertz CT molecular complexity index is 427. The molecule has 0 aromatic carbocycles. The van der Waals surface area contributed by atoms with Crippen LogP contribution in [0.3, 0.4) is 0 Å². The first-order valence-electron chi connectivity index (χ1n) is 6.09. The van der Waals surface area contributed by atoms with E-state index in [9.17, 15) is 4.79 Å². The van der Waals surface area contributed by atoms with Gasteiger partial charge in [0.25, 0.3) is 5.91 Å². The van der Waals surface area contributed by atoms with Crippen LogP contribution in [0.2, 0.25) is 0 Å². The third-order valence-corrected chi connectivity index (χ3v) is 5.03. The average Bonchev–Trinajstić information content (AvgIpc) is 2.68. The topological polar surface area (TPSA) is 29.5 Å². The van der Waals surface area contributed by atoms with Crippen LogP contribution >= 0.6 is 27.3 Å². The number of alkyl halides is 1. The Morgan fingerprint density at radius 2 is 2.28 bits per heavy atom. The number of rotatable bonds is 2. The lowest BCUT2D eigenvalue weighted by Crippen LogP contribution is -2.49. The van der Waals surface area contributed by atoms with Crippen molar-refractivity contribution in [2.45, 2.75) is 33.0 Å². The summed E-state index contributed by atoms with van der Waals surface area (Å²) < 4.78 is 5.74. The van der Waals surface area contributed by atoms with E-state index in [2.05, 4.69) is 22.9 Å². The minimum absolute atomic E-state index is 0.0971. The highest BCUT2D eigenvalue weighted by atomic mass is 79.9. The highest BCUT2D eigenvalue weighted by Crippen LogP contribution is 2.24. The van der Waals surface area contributed by atoms with E-state index in [1.54, 1.807) is 11.3 Å². The second kappa shape index (κ2) is 5.72. The normalized spacial score (nSPS) is 24.3. The number of thiophene rings is 1. The molecular formula is C13H18BrNO2S. The van der Waals surface area contributed by atoms with Crippen LogP contribution in [0, 0.1) is 13.8 Å². The van der Waals surface area contributed by atoms with Crippen molar-refractivity contribution in [3.63, 3.8) is 0 Å². The van der Waals surface area contributed by atoms with Crippen LogP contribution in [-0.2, 0) is 4.74 Å². The van der Waals surface area contributed by atoms with Gasteiger partial charge in [-0.25, -0.2) is 0 Å². The number of morpholine rings is 1. The number of carbonyl (C=O) groups excluding carboxylic acids is 1. The van der Waals surface area contributed by atoms with Crippen LogP contribution in [0.4, 0.5) is 0 Å².